The molecule has 0 atom stereocenters. The van der Waals surface area contributed by atoms with Crippen LogP contribution in [0.2, 0.25) is 0 Å². The zero-order valence-corrected chi connectivity index (χ0v) is 20.9. The predicted octanol–water partition coefficient (Wildman–Crippen LogP) is 6.79. The number of amides is 1. The smallest absolute Gasteiger partial charge is 0.325 e. The zero-order valence-electron chi connectivity index (χ0n) is 20.9. The average Bonchev–Trinajstić information content (AvgIpc) is 2.89. The molecule has 0 spiro atoms. The Morgan fingerprint density at radius 1 is 0.829 bits per heavy atom. The number of carbonyl (C=O) groups excluding carboxylic acids is 2. The van der Waals surface area contributed by atoms with Crippen molar-refractivity contribution in [2.45, 2.75) is 51.4 Å². The Labute approximate surface area is 208 Å². The maximum atomic E-state index is 11.9. The van der Waals surface area contributed by atoms with Gasteiger partial charge in [0.15, 0.2) is 0 Å². The van der Waals surface area contributed by atoms with Gasteiger partial charge in [-0.2, -0.15) is 10.2 Å². The Kier molecular flexibility index (Phi) is 13.5. The van der Waals surface area contributed by atoms with Gasteiger partial charge in [0, 0.05) is 13.5 Å². The summed E-state index contributed by atoms with van der Waals surface area (Å²) in [6.45, 7) is 0.654. The lowest BCUT2D eigenvalue weighted by molar-refractivity contribution is -0.146. The molecule has 0 unspecified atom stereocenters. The molecule has 7 nitrogen and oxygen atoms in total. The molecule has 0 aromatic heterocycles. The molecule has 0 radical (unpaired) electrons. The molecule has 0 bridgehead atoms. The number of methoxy groups -OCH3 is 1. The van der Waals surface area contributed by atoms with Gasteiger partial charge in [-0.25, -0.2) is 0 Å². The summed E-state index contributed by atoms with van der Waals surface area (Å²) in [6, 6.07) is 17.3. The van der Waals surface area contributed by atoms with E-state index in [4.69, 9.17) is 4.74 Å². The number of nitrogens with zero attached hydrogens (tertiary/aromatic N) is 3. The van der Waals surface area contributed by atoms with Crippen LogP contribution in [0.15, 0.2) is 77.0 Å². The highest BCUT2D eigenvalue weighted by atomic mass is 16.5. The third-order valence-corrected chi connectivity index (χ3v) is 5.37. The zero-order chi connectivity index (χ0) is 25.1. The van der Waals surface area contributed by atoms with Crippen molar-refractivity contribution in [1.82, 2.24) is 4.90 Å². The molecule has 2 aromatic carbocycles. The summed E-state index contributed by atoms with van der Waals surface area (Å²) in [5.74, 6) is 0.425. The maximum absolute atomic E-state index is 11.9. The molecule has 0 fully saturated rings. The molecule has 0 aliphatic heterocycles. The fraction of sp³-hybridized carbons (Fsp3) is 0.429. The van der Waals surface area contributed by atoms with Crippen molar-refractivity contribution in [3.8, 4) is 5.75 Å². The van der Waals surface area contributed by atoms with Crippen LogP contribution in [-0.2, 0) is 14.3 Å². The highest BCUT2D eigenvalue weighted by Crippen LogP contribution is 2.21. The molecule has 0 N–H and O–H groups in total. The van der Waals surface area contributed by atoms with Crippen LogP contribution >= 0.6 is 0 Å². The van der Waals surface area contributed by atoms with Gasteiger partial charge in [0.2, 0.25) is 5.91 Å². The molecule has 2 aromatic rings. The first kappa shape index (κ1) is 27.8. The predicted molar refractivity (Wildman–Crippen MR) is 138 cm³/mol. The Hall–Kier alpha value is -3.48. The standard InChI is InChI=1S/C28H37N3O4/c1-31(23-28(33)34-2)27(32)17-13-8-6-4-3-5-7-9-14-22-35-26-20-18-25(19-21-26)30-29-24-15-11-10-12-16-24/h7,9-12,15-16,18-21H,3-6,8,13-14,17,22-23H2,1-2H3/b9-7-,30-29?. The van der Waals surface area contributed by atoms with Crippen LogP contribution in [0.25, 0.3) is 0 Å². The minimum atomic E-state index is -0.391. The van der Waals surface area contributed by atoms with Crippen LogP contribution in [0.5, 0.6) is 5.75 Å². The third kappa shape index (κ3) is 12.5. The van der Waals surface area contributed by atoms with E-state index in [0.29, 0.717) is 13.0 Å². The van der Waals surface area contributed by atoms with Crippen LogP contribution in [0.4, 0.5) is 11.4 Å². The van der Waals surface area contributed by atoms with Crippen LogP contribution in [0.1, 0.15) is 51.4 Å². The summed E-state index contributed by atoms with van der Waals surface area (Å²) in [4.78, 5) is 24.5. The van der Waals surface area contributed by atoms with Crippen LogP contribution in [0, 0.1) is 0 Å². The lowest BCUT2D eigenvalue weighted by Gasteiger charge is -2.15. The van der Waals surface area contributed by atoms with E-state index in [0.717, 1.165) is 62.1 Å². The Morgan fingerprint density at radius 2 is 1.46 bits per heavy atom. The molecule has 0 aliphatic carbocycles. The summed E-state index contributed by atoms with van der Waals surface area (Å²) in [5.41, 5.74) is 1.62. The van der Waals surface area contributed by atoms with E-state index < -0.39 is 5.97 Å². The second kappa shape index (κ2) is 17.0. The fourth-order valence-electron chi connectivity index (χ4n) is 3.31. The number of likely N-dealkylation sites (N-methyl/N-ethyl adjacent to an activating group) is 1. The summed E-state index contributed by atoms with van der Waals surface area (Å²) in [7, 11) is 2.96. The number of hydrogen-bond donors (Lipinski definition) is 0. The molecule has 2 rings (SSSR count). The number of ether oxygens (including phenoxy) is 2. The number of unbranched alkanes of at least 4 members (excludes halogenated alkanes) is 5. The van der Waals surface area contributed by atoms with Gasteiger partial charge in [0.1, 0.15) is 12.3 Å². The van der Waals surface area contributed by atoms with E-state index in [1.54, 1.807) is 7.05 Å². The van der Waals surface area contributed by atoms with E-state index >= 15 is 0 Å². The maximum Gasteiger partial charge on any atom is 0.325 e. The lowest BCUT2D eigenvalue weighted by atomic mass is 10.1. The Morgan fingerprint density at radius 3 is 2.17 bits per heavy atom. The third-order valence-electron chi connectivity index (χ3n) is 5.37. The Bertz CT molecular complexity index is 927. The number of allylic oxidation sites excluding steroid dienone is 1. The van der Waals surface area contributed by atoms with E-state index in [1.165, 1.54) is 12.0 Å². The molecule has 0 saturated carbocycles. The van der Waals surface area contributed by atoms with E-state index in [1.807, 2.05) is 54.6 Å². The molecule has 0 saturated heterocycles. The molecule has 1 amide bonds. The van der Waals surface area contributed by atoms with Crippen molar-refractivity contribution in [3.63, 3.8) is 0 Å². The second-order valence-electron chi connectivity index (χ2n) is 8.27. The molecule has 188 valence electrons. The number of benzene rings is 2. The van der Waals surface area contributed by atoms with Crippen LogP contribution in [0.3, 0.4) is 0 Å². The van der Waals surface area contributed by atoms with Gasteiger partial charge in [-0.3, -0.25) is 9.59 Å². The summed E-state index contributed by atoms with van der Waals surface area (Å²) >= 11 is 0. The SMILES string of the molecule is COC(=O)CN(C)C(=O)CCCCCCC/C=C\CCOc1ccc(N=Nc2ccccc2)cc1. The van der Waals surface area contributed by atoms with Crippen LogP contribution < -0.4 is 4.74 Å². The quantitative estimate of drug-likeness (QED) is 0.115. The first-order valence-corrected chi connectivity index (χ1v) is 12.2. The molecule has 35 heavy (non-hydrogen) atoms. The summed E-state index contributed by atoms with van der Waals surface area (Å²) < 4.78 is 10.4. The molecular formula is C28H37N3O4. The van der Waals surface area contributed by atoms with Crippen LogP contribution in [-0.4, -0.2) is 44.1 Å². The molecule has 0 aliphatic rings. The van der Waals surface area contributed by atoms with E-state index in [-0.39, 0.29) is 12.5 Å². The van der Waals surface area contributed by atoms with Gasteiger partial charge < -0.3 is 14.4 Å². The van der Waals surface area contributed by atoms with E-state index in [2.05, 4.69) is 27.1 Å². The van der Waals surface area contributed by atoms with E-state index in [9.17, 15) is 9.59 Å². The number of azo groups is 1. The monoisotopic (exact) mass is 479 g/mol. The minimum Gasteiger partial charge on any atom is -0.493 e. The minimum absolute atomic E-state index is 0.00920. The molecular weight excluding hydrogens is 442 g/mol. The molecule has 0 heterocycles. The van der Waals surface area contributed by atoms with Crippen molar-refractivity contribution in [2.24, 2.45) is 10.2 Å². The van der Waals surface area contributed by atoms with Crippen molar-refractivity contribution in [2.75, 3.05) is 27.3 Å². The second-order valence-corrected chi connectivity index (χ2v) is 8.27. The van der Waals surface area contributed by atoms with Gasteiger partial charge in [-0.15, -0.1) is 0 Å². The summed E-state index contributed by atoms with van der Waals surface area (Å²) in [6.07, 6.45) is 12.1. The first-order valence-electron chi connectivity index (χ1n) is 12.2. The fourth-order valence-corrected chi connectivity index (χ4v) is 3.31. The lowest BCUT2D eigenvalue weighted by Crippen LogP contribution is -2.32. The van der Waals surface area contributed by atoms with Crippen molar-refractivity contribution in [1.29, 1.82) is 0 Å². The van der Waals surface area contributed by atoms with Gasteiger partial charge in [-0.05, 0) is 62.1 Å². The van der Waals surface area contributed by atoms with Crippen molar-refractivity contribution < 1.29 is 19.1 Å². The summed E-state index contributed by atoms with van der Waals surface area (Å²) in [5, 5.41) is 8.44. The average molecular weight is 480 g/mol. The highest BCUT2D eigenvalue weighted by molar-refractivity contribution is 5.81. The van der Waals surface area contributed by atoms with Crippen molar-refractivity contribution in [3.05, 3.63) is 66.7 Å². The first-order chi connectivity index (χ1) is 17.1. The van der Waals surface area contributed by atoms with Gasteiger partial charge >= 0.3 is 5.97 Å². The number of esters is 1. The highest BCUT2D eigenvalue weighted by Gasteiger charge is 2.12. The number of carbonyl (C=O) groups is 2. The van der Waals surface area contributed by atoms with Gasteiger partial charge in [0.25, 0.3) is 0 Å². The number of hydrogen-bond acceptors (Lipinski definition) is 6. The Balaban J connectivity index is 1.46. The molecule has 7 heteroatoms. The topological polar surface area (TPSA) is 80.6 Å². The normalized spacial score (nSPS) is 11.1. The van der Waals surface area contributed by atoms with Crippen molar-refractivity contribution >= 4 is 23.3 Å². The largest absolute Gasteiger partial charge is 0.493 e. The van der Waals surface area contributed by atoms with Gasteiger partial charge in [-0.1, -0.05) is 49.6 Å². The van der Waals surface area contributed by atoms with Gasteiger partial charge in [0.05, 0.1) is 25.1 Å². The number of rotatable bonds is 16.